The molecular formula is C16H24N2O3. The van der Waals surface area contributed by atoms with Crippen LogP contribution in [0, 0.1) is 5.92 Å². The minimum absolute atomic E-state index is 0.106. The van der Waals surface area contributed by atoms with Crippen LogP contribution in [-0.4, -0.2) is 51.2 Å². The molecule has 21 heavy (non-hydrogen) atoms. The molecule has 0 spiro atoms. The van der Waals surface area contributed by atoms with E-state index in [1.54, 1.807) is 12.0 Å². The number of nitrogens with zero attached hydrogens (tertiary/aromatic N) is 1. The summed E-state index contributed by atoms with van der Waals surface area (Å²) in [5.41, 5.74) is 0. The van der Waals surface area contributed by atoms with Gasteiger partial charge >= 0.3 is 0 Å². The number of para-hydroxylation sites is 2. The number of rotatable bonds is 6. The predicted octanol–water partition coefficient (Wildman–Crippen LogP) is 1.53. The van der Waals surface area contributed by atoms with Gasteiger partial charge in [0.25, 0.3) is 0 Å². The van der Waals surface area contributed by atoms with Gasteiger partial charge in [-0.05, 0) is 31.5 Å². The highest BCUT2D eigenvalue weighted by Gasteiger charge is 2.23. The van der Waals surface area contributed by atoms with E-state index in [9.17, 15) is 4.79 Å². The van der Waals surface area contributed by atoms with Crippen LogP contribution in [-0.2, 0) is 4.79 Å². The minimum Gasteiger partial charge on any atom is -0.493 e. The first-order valence-corrected chi connectivity index (χ1v) is 7.44. The molecule has 1 aromatic rings. The largest absolute Gasteiger partial charge is 0.493 e. The van der Waals surface area contributed by atoms with Crippen LogP contribution in [0.15, 0.2) is 24.3 Å². The third-order valence-corrected chi connectivity index (χ3v) is 3.78. The zero-order valence-corrected chi connectivity index (χ0v) is 12.8. The highest BCUT2D eigenvalue weighted by Crippen LogP contribution is 2.25. The Morgan fingerprint density at radius 1 is 1.38 bits per heavy atom. The van der Waals surface area contributed by atoms with Crippen molar-refractivity contribution >= 4 is 5.91 Å². The van der Waals surface area contributed by atoms with Crippen molar-refractivity contribution in [3.8, 4) is 11.5 Å². The lowest BCUT2D eigenvalue weighted by molar-refractivity contribution is -0.135. The first-order valence-electron chi connectivity index (χ1n) is 7.44. The van der Waals surface area contributed by atoms with Gasteiger partial charge in [0.2, 0.25) is 5.91 Å². The molecule has 0 aliphatic carbocycles. The Hall–Kier alpha value is -1.75. The van der Waals surface area contributed by atoms with Crippen LogP contribution in [0.25, 0.3) is 0 Å². The van der Waals surface area contributed by atoms with Gasteiger partial charge in [-0.3, -0.25) is 4.79 Å². The summed E-state index contributed by atoms with van der Waals surface area (Å²) in [6, 6.07) is 7.53. The fourth-order valence-electron chi connectivity index (χ4n) is 2.52. The van der Waals surface area contributed by atoms with Crippen molar-refractivity contribution in [3.63, 3.8) is 0 Å². The summed E-state index contributed by atoms with van der Waals surface area (Å²) in [7, 11) is 3.45. The van der Waals surface area contributed by atoms with Crippen LogP contribution in [0.2, 0.25) is 0 Å². The standard InChI is InChI=1S/C16H24N2O3/c1-18(16(19)13-6-5-9-17-12-13)10-11-21-15-8-4-3-7-14(15)20-2/h3-4,7-8,13,17H,5-6,9-12H2,1-2H3. The van der Waals surface area contributed by atoms with Gasteiger partial charge in [0.15, 0.2) is 11.5 Å². The van der Waals surface area contributed by atoms with Gasteiger partial charge in [-0.1, -0.05) is 12.1 Å². The molecule has 1 N–H and O–H groups in total. The van der Waals surface area contributed by atoms with Crippen molar-refractivity contribution in [2.45, 2.75) is 12.8 Å². The topological polar surface area (TPSA) is 50.8 Å². The lowest BCUT2D eigenvalue weighted by Crippen LogP contribution is -2.42. The summed E-state index contributed by atoms with van der Waals surface area (Å²) in [6.07, 6.45) is 2.05. The van der Waals surface area contributed by atoms with E-state index >= 15 is 0 Å². The Morgan fingerprint density at radius 3 is 2.81 bits per heavy atom. The number of piperidine rings is 1. The Labute approximate surface area is 126 Å². The molecule has 5 nitrogen and oxygen atoms in total. The molecule has 1 unspecified atom stereocenters. The summed E-state index contributed by atoms with van der Waals surface area (Å²) in [4.78, 5) is 14.0. The van der Waals surface area contributed by atoms with Gasteiger partial charge in [0.1, 0.15) is 6.61 Å². The molecular weight excluding hydrogens is 268 g/mol. The zero-order valence-electron chi connectivity index (χ0n) is 12.8. The highest BCUT2D eigenvalue weighted by atomic mass is 16.5. The summed E-state index contributed by atoms with van der Waals surface area (Å²) < 4.78 is 10.9. The molecule has 1 aliphatic rings. The lowest BCUT2D eigenvalue weighted by Gasteiger charge is -2.27. The molecule has 5 heteroatoms. The number of nitrogens with one attached hydrogen (secondary N) is 1. The molecule has 0 saturated carbocycles. The predicted molar refractivity (Wildman–Crippen MR) is 81.7 cm³/mol. The third-order valence-electron chi connectivity index (χ3n) is 3.78. The molecule has 0 aromatic heterocycles. The molecule has 0 radical (unpaired) electrons. The van der Waals surface area contributed by atoms with Gasteiger partial charge in [0, 0.05) is 13.6 Å². The van der Waals surface area contributed by atoms with E-state index < -0.39 is 0 Å². The molecule has 1 heterocycles. The van der Waals surface area contributed by atoms with Crippen molar-refractivity contribution in [1.82, 2.24) is 10.2 Å². The Morgan fingerprint density at radius 2 is 2.14 bits per heavy atom. The summed E-state index contributed by atoms with van der Waals surface area (Å²) in [5, 5.41) is 3.27. The number of benzene rings is 1. The van der Waals surface area contributed by atoms with E-state index in [-0.39, 0.29) is 11.8 Å². The van der Waals surface area contributed by atoms with E-state index in [0.29, 0.717) is 24.7 Å². The molecule has 1 fully saturated rings. The van der Waals surface area contributed by atoms with Crippen LogP contribution >= 0.6 is 0 Å². The van der Waals surface area contributed by atoms with Gasteiger partial charge in [-0.2, -0.15) is 0 Å². The number of methoxy groups -OCH3 is 1. The van der Waals surface area contributed by atoms with Crippen LogP contribution in [0.5, 0.6) is 11.5 Å². The quantitative estimate of drug-likeness (QED) is 0.864. The monoisotopic (exact) mass is 292 g/mol. The van der Waals surface area contributed by atoms with Crippen molar-refractivity contribution in [1.29, 1.82) is 0 Å². The van der Waals surface area contributed by atoms with Crippen LogP contribution < -0.4 is 14.8 Å². The van der Waals surface area contributed by atoms with Crippen molar-refractivity contribution in [2.24, 2.45) is 5.92 Å². The van der Waals surface area contributed by atoms with Crippen LogP contribution in [0.3, 0.4) is 0 Å². The number of likely N-dealkylation sites (N-methyl/N-ethyl adjacent to an activating group) is 1. The molecule has 1 atom stereocenters. The number of carbonyl (C=O) groups is 1. The van der Waals surface area contributed by atoms with E-state index in [1.807, 2.05) is 31.3 Å². The van der Waals surface area contributed by atoms with E-state index in [4.69, 9.17) is 9.47 Å². The number of carbonyl (C=O) groups excluding carboxylic acids is 1. The average molecular weight is 292 g/mol. The summed E-state index contributed by atoms with van der Waals surface area (Å²) in [6.45, 7) is 2.84. The molecule has 116 valence electrons. The van der Waals surface area contributed by atoms with Gasteiger partial charge in [0.05, 0.1) is 19.6 Å². The van der Waals surface area contributed by atoms with E-state index in [0.717, 1.165) is 25.9 Å². The molecule has 1 aromatic carbocycles. The summed E-state index contributed by atoms with van der Waals surface area (Å²) in [5.74, 6) is 1.73. The van der Waals surface area contributed by atoms with Crippen LogP contribution in [0.4, 0.5) is 0 Å². The first kappa shape index (κ1) is 15.6. The maximum absolute atomic E-state index is 12.3. The zero-order chi connectivity index (χ0) is 15.1. The minimum atomic E-state index is 0.106. The normalized spacial score (nSPS) is 18.1. The number of hydrogen-bond donors (Lipinski definition) is 1. The smallest absolute Gasteiger partial charge is 0.226 e. The molecule has 1 saturated heterocycles. The second kappa shape index (κ2) is 7.88. The summed E-state index contributed by atoms with van der Waals surface area (Å²) >= 11 is 0. The Balaban J connectivity index is 1.78. The first-order chi connectivity index (χ1) is 10.2. The van der Waals surface area contributed by atoms with Gasteiger partial charge in [-0.15, -0.1) is 0 Å². The molecule has 1 amide bonds. The second-order valence-electron chi connectivity index (χ2n) is 5.30. The number of hydrogen-bond acceptors (Lipinski definition) is 4. The van der Waals surface area contributed by atoms with Crippen molar-refractivity contribution in [3.05, 3.63) is 24.3 Å². The third kappa shape index (κ3) is 4.36. The average Bonchev–Trinajstić information content (AvgIpc) is 2.55. The van der Waals surface area contributed by atoms with E-state index in [2.05, 4.69) is 5.32 Å². The second-order valence-corrected chi connectivity index (χ2v) is 5.30. The molecule has 2 rings (SSSR count). The van der Waals surface area contributed by atoms with Crippen molar-refractivity contribution in [2.75, 3.05) is 40.4 Å². The highest BCUT2D eigenvalue weighted by molar-refractivity contribution is 5.78. The molecule has 0 bridgehead atoms. The lowest BCUT2D eigenvalue weighted by atomic mass is 9.98. The van der Waals surface area contributed by atoms with Gasteiger partial charge in [-0.25, -0.2) is 0 Å². The Bertz CT molecular complexity index is 459. The van der Waals surface area contributed by atoms with Crippen molar-refractivity contribution < 1.29 is 14.3 Å². The van der Waals surface area contributed by atoms with E-state index in [1.165, 1.54) is 0 Å². The maximum atomic E-state index is 12.3. The molecule has 1 aliphatic heterocycles. The van der Waals surface area contributed by atoms with Gasteiger partial charge < -0.3 is 19.7 Å². The maximum Gasteiger partial charge on any atom is 0.226 e. The number of amides is 1. The fraction of sp³-hybridized carbons (Fsp3) is 0.562. The SMILES string of the molecule is COc1ccccc1OCCN(C)C(=O)C1CCCNC1. The Kier molecular flexibility index (Phi) is 5.87. The fourth-order valence-corrected chi connectivity index (χ4v) is 2.52. The van der Waals surface area contributed by atoms with Crippen LogP contribution in [0.1, 0.15) is 12.8 Å². The number of ether oxygens (including phenoxy) is 2.